The molecule has 1 aromatic heterocycles. The lowest BCUT2D eigenvalue weighted by molar-refractivity contribution is 0.661. The maximum absolute atomic E-state index is 4.90. The molecule has 0 N–H and O–H groups in total. The summed E-state index contributed by atoms with van der Waals surface area (Å²) < 4.78 is 0. The molecule has 1 atom stereocenters. The maximum Gasteiger partial charge on any atom is 0.252 e. The minimum atomic E-state index is 0.304. The van der Waals surface area contributed by atoms with E-state index in [-0.39, 0.29) is 0 Å². The van der Waals surface area contributed by atoms with Crippen LogP contribution in [0.5, 0.6) is 0 Å². The van der Waals surface area contributed by atoms with Crippen LogP contribution in [-0.4, -0.2) is 27.3 Å². The largest absolute Gasteiger partial charge is 0.348 e. The van der Waals surface area contributed by atoms with Crippen LogP contribution in [-0.2, 0) is 13.0 Å². The second-order valence-corrected chi connectivity index (χ2v) is 7.37. The summed E-state index contributed by atoms with van der Waals surface area (Å²) in [6.45, 7) is 7.36. The van der Waals surface area contributed by atoms with Crippen LogP contribution in [0.2, 0.25) is 0 Å². The molecule has 0 radical (unpaired) electrons. The van der Waals surface area contributed by atoms with Crippen molar-refractivity contribution >= 4 is 17.5 Å². The maximum atomic E-state index is 4.90. The van der Waals surface area contributed by atoms with Gasteiger partial charge in [-0.05, 0) is 44.4 Å². The molecule has 0 fully saturated rings. The van der Waals surface area contributed by atoms with Gasteiger partial charge in [-0.3, -0.25) is 0 Å². The van der Waals surface area contributed by atoms with Gasteiger partial charge >= 0.3 is 0 Å². The van der Waals surface area contributed by atoms with Gasteiger partial charge in [0.25, 0.3) is 5.95 Å². The van der Waals surface area contributed by atoms with E-state index in [1.54, 1.807) is 6.20 Å². The van der Waals surface area contributed by atoms with E-state index in [4.69, 9.17) is 4.98 Å². The minimum Gasteiger partial charge on any atom is -0.348 e. The van der Waals surface area contributed by atoms with Crippen molar-refractivity contribution in [3.05, 3.63) is 71.9 Å². The number of aromatic nitrogens is 3. The fourth-order valence-electron chi connectivity index (χ4n) is 3.70. The summed E-state index contributed by atoms with van der Waals surface area (Å²) >= 11 is 0. The summed E-state index contributed by atoms with van der Waals surface area (Å²) in [5, 5.41) is 8.64. The molecule has 0 spiro atoms. The number of anilines is 3. The molecule has 138 valence electrons. The van der Waals surface area contributed by atoms with Crippen LogP contribution < -0.4 is 9.80 Å². The second-order valence-electron chi connectivity index (χ2n) is 7.37. The van der Waals surface area contributed by atoms with Crippen LogP contribution in [0.4, 0.5) is 17.5 Å². The quantitative estimate of drug-likeness (QED) is 0.677. The van der Waals surface area contributed by atoms with Crippen molar-refractivity contribution in [2.45, 2.75) is 45.8 Å². The molecule has 4 rings (SSSR count). The third kappa shape index (κ3) is 3.50. The Hall–Kier alpha value is -2.95. The number of nitrogens with zero attached hydrogens (tertiary/aromatic N) is 5. The van der Waals surface area contributed by atoms with Crippen molar-refractivity contribution in [3.8, 4) is 0 Å². The predicted molar refractivity (Wildman–Crippen MR) is 109 cm³/mol. The molecule has 0 amide bonds. The average molecular weight is 359 g/mol. The average Bonchev–Trinajstić information content (AvgIpc) is 3.02. The van der Waals surface area contributed by atoms with Gasteiger partial charge in [-0.1, -0.05) is 48.5 Å². The molecule has 0 saturated carbocycles. The van der Waals surface area contributed by atoms with Gasteiger partial charge in [-0.25, -0.2) is 0 Å². The highest BCUT2D eigenvalue weighted by Gasteiger charge is 2.29. The van der Waals surface area contributed by atoms with Crippen LogP contribution >= 0.6 is 0 Å². The molecule has 1 aliphatic rings. The summed E-state index contributed by atoms with van der Waals surface area (Å²) in [4.78, 5) is 9.37. The summed E-state index contributed by atoms with van der Waals surface area (Å²) in [5.41, 5.74) is 3.78. The van der Waals surface area contributed by atoms with Crippen molar-refractivity contribution in [2.75, 3.05) is 9.80 Å². The molecule has 0 saturated heterocycles. The minimum absolute atomic E-state index is 0.304. The molecule has 5 nitrogen and oxygen atoms in total. The molecular formula is C22H25N5. The normalized spacial score (nSPS) is 15.9. The third-order valence-electron chi connectivity index (χ3n) is 5.07. The lowest BCUT2D eigenvalue weighted by Gasteiger charge is -2.29. The number of para-hydroxylation sites is 1. The lowest BCUT2D eigenvalue weighted by atomic mass is 10.1. The first-order chi connectivity index (χ1) is 13.1. The Kier molecular flexibility index (Phi) is 4.75. The topological polar surface area (TPSA) is 45.2 Å². The van der Waals surface area contributed by atoms with Crippen molar-refractivity contribution in [1.82, 2.24) is 15.2 Å². The van der Waals surface area contributed by atoms with Gasteiger partial charge in [0.05, 0.1) is 6.20 Å². The zero-order valence-corrected chi connectivity index (χ0v) is 16.1. The molecule has 27 heavy (non-hydrogen) atoms. The van der Waals surface area contributed by atoms with Gasteiger partial charge in [0.15, 0.2) is 5.82 Å². The molecule has 3 aromatic rings. The number of hydrogen-bond donors (Lipinski definition) is 0. The van der Waals surface area contributed by atoms with Crippen LogP contribution in [0.1, 0.15) is 31.9 Å². The third-order valence-corrected chi connectivity index (χ3v) is 5.07. The predicted octanol–water partition coefficient (Wildman–Crippen LogP) is 4.37. The van der Waals surface area contributed by atoms with Crippen molar-refractivity contribution in [3.63, 3.8) is 0 Å². The summed E-state index contributed by atoms with van der Waals surface area (Å²) in [7, 11) is 0. The molecule has 0 aliphatic carbocycles. The van der Waals surface area contributed by atoms with Crippen LogP contribution in [0, 0.1) is 0 Å². The second kappa shape index (κ2) is 7.35. The van der Waals surface area contributed by atoms with E-state index in [0.29, 0.717) is 18.0 Å². The van der Waals surface area contributed by atoms with Crippen molar-refractivity contribution in [2.24, 2.45) is 0 Å². The molecule has 0 bridgehead atoms. The Morgan fingerprint density at radius 3 is 2.59 bits per heavy atom. The Morgan fingerprint density at radius 2 is 1.81 bits per heavy atom. The number of rotatable bonds is 5. The highest BCUT2D eigenvalue weighted by Crippen LogP contribution is 2.36. The molecule has 2 heterocycles. The highest BCUT2D eigenvalue weighted by molar-refractivity contribution is 5.67. The fraction of sp³-hybridized carbons (Fsp3) is 0.318. The summed E-state index contributed by atoms with van der Waals surface area (Å²) in [6, 6.07) is 19.6. The van der Waals surface area contributed by atoms with Gasteiger partial charge in [0.2, 0.25) is 0 Å². The van der Waals surface area contributed by atoms with E-state index >= 15 is 0 Å². The fourth-order valence-corrected chi connectivity index (χ4v) is 3.70. The standard InChI is InChI=1S/C22H25N5/c1-16(2)26(15-18-9-5-4-6-10-18)21-14-23-25-22(24-21)27-17(3)13-19-11-7-8-12-20(19)27/h4-12,14,16-17H,13,15H2,1-3H3. The zero-order chi connectivity index (χ0) is 18.8. The van der Waals surface area contributed by atoms with Crippen LogP contribution in [0.3, 0.4) is 0 Å². The molecule has 5 heteroatoms. The van der Waals surface area contributed by atoms with E-state index in [1.807, 2.05) is 6.07 Å². The van der Waals surface area contributed by atoms with Crippen LogP contribution in [0.25, 0.3) is 0 Å². The first-order valence-electron chi connectivity index (χ1n) is 9.51. The van der Waals surface area contributed by atoms with E-state index in [1.165, 1.54) is 16.8 Å². The Morgan fingerprint density at radius 1 is 1.07 bits per heavy atom. The summed E-state index contributed by atoms with van der Waals surface area (Å²) in [5.74, 6) is 1.53. The smallest absolute Gasteiger partial charge is 0.252 e. The van der Waals surface area contributed by atoms with E-state index in [9.17, 15) is 0 Å². The molecular weight excluding hydrogens is 334 g/mol. The van der Waals surface area contributed by atoms with Gasteiger partial charge in [0, 0.05) is 24.3 Å². The van der Waals surface area contributed by atoms with E-state index in [2.05, 4.69) is 89.3 Å². The number of fused-ring (bicyclic) bond motifs is 1. The molecule has 1 aliphatic heterocycles. The molecule has 2 aromatic carbocycles. The Balaban J connectivity index is 1.67. The van der Waals surface area contributed by atoms with E-state index < -0.39 is 0 Å². The Bertz CT molecular complexity index is 909. The number of benzene rings is 2. The number of hydrogen-bond acceptors (Lipinski definition) is 5. The lowest BCUT2D eigenvalue weighted by Crippen LogP contribution is -2.32. The monoisotopic (exact) mass is 359 g/mol. The Labute approximate surface area is 160 Å². The SMILES string of the molecule is CC(C)N(Cc1ccccc1)c1cnnc(N2c3ccccc3CC2C)n1. The molecule has 1 unspecified atom stereocenters. The first kappa shape index (κ1) is 17.5. The van der Waals surface area contributed by atoms with Crippen molar-refractivity contribution < 1.29 is 0 Å². The van der Waals surface area contributed by atoms with Gasteiger partial charge in [-0.2, -0.15) is 10.1 Å². The van der Waals surface area contributed by atoms with Crippen molar-refractivity contribution in [1.29, 1.82) is 0 Å². The van der Waals surface area contributed by atoms with Gasteiger partial charge in [-0.15, -0.1) is 5.10 Å². The van der Waals surface area contributed by atoms with E-state index in [0.717, 1.165) is 18.8 Å². The van der Waals surface area contributed by atoms with Crippen LogP contribution in [0.15, 0.2) is 60.8 Å². The van der Waals surface area contributed by atoms with Gasteiger partial charge in [0.1, 0.15) is 0 Å². The highest BCUT2D eigenvalue weighted by atomic mass is 15.4. The van der Waals surface area contributed by atoms with Gasteiger partial charge < -0.3 is 9.80 Å². The zero-order valence-electron chi connectivity index (χ0n) is 16.1. The summed E-state index contributed by atoms with van der Waals surface area (Å²) in [6.07, 6.45) is 2.76. The first-order valence-corrected chi connectivity index (χ1v) is 9.51.